The predicted octanol–water partition coefficient (Wildman–Crippen LogP) is 3.38. The number of fused-ring (bicyclic) bond motifs is 1. The zero-order chi connectivity index (χ0) is 18.5. The summed E-state index contributed by atoms with van der Waals surface area (Å²) in [4.78, 5) is 15.8. The van der Waals surface area contributed by atoms with Crippen molar-refractivity contribution >= 4 is 39.2 Å². The molecular weight excluding hydrogens is 350 g/mol. The largest absolute Gasteiger partial charge is 0.550 e. The number of benzene rings is 2. The molecule has 0 unspecified atom stereocenters. The molecule has 0 saturated carbocycles. The molecule has 0 bridgehead atoms. The second-order valence-electron chi connectivity index (χ2n) is 5.55. The van der Waals surface area contributed by atoms with Gasteiger partial charge in [0, 0.05) is 12.4 Å². The zero-order valence-electron chi connectivity index (χ0n) is 14.5. The summed E-state index contributed by atoms with van der Waals surface area (Å²) in [5.41, 5.74) is 2.25. The zero-order valence-corrected chi connectivity index (χ0v) is 15.3. The molecule has 0 radical (unpaired) electrons. The second kappa shape index (κ2) is 8.01. The molecule has 6 heteroatoms. The highest BCUT2D eigenvalue weighted by molar-refractivity contribution is 7.19. The van der Waals surface area contributed by atoms with Gasteiger partial charge < -0.3 is 19.4 Å². The summed E-state index contributed by atoms with van der Waals surface area (Å²) in [6, 6.07) is 13.2. The number of hydrogen-bond acceptors (Lipinski definition) is 6. The van der Waals surface area contributed by atoms with Gasteiger partial charge in [0.1, 0.15) is 5.01 Å². The van der Waals surface area contributed by atoms with Crippen LogP contribution in [-0.4, -0.2) is 24.7 Å². The van der Waals surface area contributed by atoms with Gasteiger partial charge in [0.05, 0.1) is 23.9 Å². The molecule has 0 aliphatic carbocycles. The number of thiazole rings is 1. The number of carbonyl (C=O) groups excluding carboxylic acids is 1. The van der Waals surface area contributed by atoms with Crippen molar-refractivity contribution in [3.05, 3.63) is 53.0 Å². The third kappa shape index (κ3) is 4.03. The molecule has 0 aliphatic rings. The summed E-state index contributed by atoms with van der Waals surface area (Å²) < 4.78 is 11.9. The molecule has 3 rings (SSSR count). The number of rotatable bonds is 7. The smallest absolute Gasteiger partial charge is 0.161 e. The summed E-state index contributed by atoms with van der Waals surface area (Å²) in [5.74, 6) is 0.0969. The van der Waals surface area contributed by atoms with E-state index in [0.717, 1.165) is 15.8 Å². The first-order valence-corrected chi connectivity index (χ1v) is 8.99. The summed E-state index contributed by atoms with van der Waals surface area (Å²) in [5, 5.41) is 11.9. The number of carboxylic acids is 1. The first kappa shape index (κ1) is 17.9. The number of aliphatic carboxylic acids is 1. The van der Waals surface area contributed by atoms with Crippen LogP contribution in [0.4, 0.5) is 0 Å². The number of carboxylic acid groups (broad SMARTS) is 1. The number of para-hydroxylation sites is 1. The highest BCUT2D eigenvalue weighted by Crippen LogP contribution is 2.33. The molecule has 1 heterocycles. The fourth-order valence-corrected chi connectivity index (χ4v) is 3.58. The van der Waals surface area contributed by atoms with Crippen LogP contribution in [0.5, 0.6) is 11.5 Å². The van der Waals surface area contributed by atoms with Crippen molar-refractivity contribution in [2.45, 2.75) is 13.3 Å². The minimum absolute atomic E-state index is 0.213. The van der Waals surface area contributed by atoms with E-state index < -0.39 is 5.97 Å². The maximum absolute atomic E-state index is 11.2. The third-order valence-electron chi connectivity index (χ3n) is 3.73. The number of aromatic nitrogens is 1. The molecule has 0 aliphatic heterocycles. The third-order valence-corrected chi connectivity index (χ3v) is 4.84. The van der Waals surface area contributed by atoms with Crippen molar-refractivity contribution in [2.75, 3.05) is 13.7 Å². The van der Waals surface area contributed by atoms with Crippen molar-refractivity contribution in [1.82, 2.24) is 4.98 Å². The Balaban J connectivity index is 2.03. The lowest BCUT2D eigenvalue weighted by atomic mass is 10.1. The van der Waals surface area contributed by atoms with Gasteiger partial charge in [-0.3, -0.25) is 0 Å². The van der Waals surface area contributed by atoms with Gasteiger partial charge in [0.15, 0.2) is 11.5 Å². The van der Waals surface area contributed by atoms with Crippen molar-refractivity contribution in [3.63, 3.8) is 0 Å². The Morgan fingerprint density at radius 3 is 2.73 bits per heavy atom. The molecule has 0 amide bonds. The minimum Gasteiger partial charge on any atom is -0.550 e. The second-order valence-corrected chi connectivity index (χ2v) is 6.58. The number of methoxy groups -OCH3 is 1. The van der Waals surface area contributed by atoms with Crippen molar-refractivity contribution < 1.29 is 19.4 Å². The minimum atomic E-state index is -1.14. The van der Waals surface area contributed by atoms with E-state index in [9.17, 15) is 9.90 Å². The molecule has 0 N–H and O–H groups in total. The average Bonchev–Trinajstić information content (AvgIpc) is 3.06. The average molecular weight is 368 g/mol. The fraction of sp³-hybridized carbons (Fsp3) is 0.200. The Hall–Kier alpha value is -2.86. The number of hydrogen-bond donors (Lipinski definition) is 0. The molecule has 5 nitrogen and oxygen atoms in total. The Labute approximate surface area is 155 Å². The van der Waals surface area contributed by atoms with Crippen molar-refractivity contribution in [2.24, 2.45) is 0 Å². The summed E-state index contributed by atoms with van der Waals surface area (Å²) in [7, 11) is 1.57. The van der Waals surface area contributed by atoms with Gasteiger partial charge in [-0.15, -0.1) is 11.3 Å². The maximum atomic E-state index is 11.2. The molecule has 0 spiro atoms. The van der Waals surface area contributed by atoms with E-state index >= 15 is 0 Å². The molecule has 3 aromatic rings. The Morgan fingerprint density at radius 2 is 2.04 bits per heavy atom. The van der Waals surface area contributed by atoms with Gasteiger partial charge in [0.2, 0.25) is 0 Å². The Morgan fingerprint density at radius 1 is 1.23 bits per heavy atom. The topological polar surface area (TPSA) is 71.5 Å². The van der Waals surface area contributed by atoms with Crippen LogP contribution in [0.1, 0.15) is 23.9 Å². The Bertz CT molecular complexity index is 928. The Kier molecular flexibility index (Phi) is 5.53. The predicted molar refractivity (Wildman–Crippen MR) is 101 cm³/mol. The van der Waals surface area contributed by atoms with Crippen molar-refractivity contribution in [3.8, 4) is 11.5 Å². The van der Waals surface area contributed by atoms with E-state index in [1.807, 2.05) is 49.4 Å². The quantitative estimate of drug-likeness (QED) is 0.639. The maximum Gasteiger partial charge on any atom is 0.161 e. The van der Waals surface area contributed by atoms with E-state index in [1.165, 1.54) is 11.3 Å². The van der Waals surface area contributed by atoms with E-state index in [-0.39, 0.29) is 6.42 Å². The molecule has 26 heavy (non-hydrogen) atoms. The number of carbonyl (C=O) groups is 1. The van der Waals surface area contributed by atoms with Crippen LogP contribution >= 0.6 is 11.3 Å². The fourth-order valence-electron chi connectivity index (χ4n) is 2.60. The van der Waals surface area contributed by atoms with Gasteiger partial charge in [-0.1, -0.05) is 18.2 Å². The number of nitrogens with zero attached hydrogens (tertiary/aromatic N) is 1. The van der Waals surface area contributed by atoms with Crippen molar-refractivity contribution in [1.29, 1.82) is 0 Å². The molecule has 0 fully saturated rings. The molecule has 134 valence electrons. The highest BCUT2D eigenvalue weighted by atomic mass is 32.1. The lowest BCUT2D eigenvalue weighted by Gasteiger charge is -2.11. The summed E-state index contributed by atoms with van der Waals surface area (Å²) >= 11 is 1.46. The van der Waals surface area contributed by atoms with Crippen LogP contribution < -0.4 is 14.6 Å². The van der Waals surface area contributed by atoms with Gasteiger partial charge in [-0.2, -0.15) is 0 Å². The molecule has 0 atom stereocenters. The van der Waals surface area contributed by atoms with E-state index in [1.54, 1.807) is 13.2 Å². The van der Waals surface area contributed by atoms with E-state index in [2.05, 4.69) is 4.98 Å². The van der Waals surface area contributed by atoms with Crippen LogP contribution in [0.15, 0.2) is 42.5 Å². The molecular formula is C20H18NO4S-. The van der Waals surface area contributed by atoms with Gasteiger partial charge in [-0.05, 0) is 48.4 Å². The van der Waals surface area contributed by atoms with E-state index in [4.69, 9.17) is 9.47 Å². The van der Waals surface area contributed by atoms with E-state index in [0.29, 0.717) is 28.7 Å². The standard InChI is InChI=1S/C20H19NO4S/c1-3-25-16-9-8-13(11-17(16)24-2)10-14(12-19(22)23)20-21-15-6-4-5-7-18(15)26-20/h4-11H,3,12H2,1-2H3,(H,22,23)/p-1/b14-10+. The van der Waals surface area contributed by atoms with Crippen LogP contribution in [-0.2, 0) is 4.79 Å². The highest BCUT2D eigenvalue weighted by Gasteiger charge is 2.11. The molecule has 2 aromatic carbocycles. The molecule has 1 aromatic heterocycles. The lowest BCUT2D eigenvalue weighted by molar-refractivity contribution is -0.304. The SMILES string of the molecule is CCOc1ccc(/C=C(\CC(=O)[O-])c2nc3ccccc3s2)cc1OC. The van der Waals surface area contributed by atoms with Crippen LogP contribution in [0.25, 0.3) is 21.9 Å². The first-order chi connectivity index (χ1) is 12.6. The van der Waals surface area contributed by atoms with Gasteiger partial charge in [-0.25, -0.2) is 4.98 Å². The van der Waals surface area contributed by atoms with Gasteiger partial charge in [0.25, 0.3) is 0 Å². The normalized spacial score (nSPS) is 11.5. The van der Waals surface area contributed by atoms with Crippen LogP contribution in [0, 0.1) is 0 Å². The van der Waals surface area contributed by atoms with Crippen LogP contribution in [0.3, 0.4) is 0 Å². The first-order valence-electron chi connectivity index (χ1n) is 8.18. The lowest BCUT2D eigenvalue weighted by Crippen LogP contribution is -2.22. The number of ether oxygens (including phenoxy) is 2. The summed E-state index contributed by atoms with van der Waals surface area (Å²) in [6.45, 7) is 2.44. The summed E-state index contributed by atoms with van der Waals surface area (Å²) in [6.07, 6.45) is 1.58. The van der Waals surface area contributed by atoms with Crippen LogP contribution in [0.2, 0.25) is 0 Å². The van der Waals surface area contributed by atoms with Gasteiger partial charge >= 0.3 is 0 Å². The monoisotopic (exact) mass is 368 g/mol. The molecule has 0 saturated heterocycles.